The molecule has 0 unspecified atom stereocenters. The van der Waals surface area contributed by atoms with Crippen LogP contribution in [0.15, 0.2) is 52.3 Å². The van der Waals surface area contributed by atoms with Gasteiger partial charge in [0.1, 0.15) is 6.54 Å². The van der Waals surface area contributed by atoms with Gasteiger partial charge in [0, 0.05) is 30.7 Å². The number of hydrogen-bond donors (Lipinski definition) is 1. The van der Waals surface area contributed by atoms with Crippen molar-refractivity contribution in [2.45, 2.75) is 50.1 Å². The molecule has 11 heteroatoms. The van der Waals surface area contributed by atoms with Crippen LogP contribution in [0.4, 0.5) is 0 Å². The summed E-state index contributed by atoms with van der Waals surface area (Å²) in [6.07, 6.45) is 4.58. The Balaban J connectivity index is 1.47. The number of nitrogens with one attached hydrogen (secondary N) is 1. The topological polar surface area (TPSA) is 120 Å². The van der Waals surface area contributed by atoms with Crippen LogP contribution in [0.2, 0.25) is 0 Å². The number of benzene rings is 2. The van der Waals surface area contributed by atoms with E-state index in [0.29, 0.717) is 41.9 Å². The number of carbonyl (C=O) groups is 1. The molecule has 10 nitrogen and oxygen atoms in total. The summed E-state index contributed by atoms with van der Waals surface area (Å²) in [7, 11) is -0.547. The van der Waals surface area contributed by atoms with Gasteiger partial charge in [-0.1, -0.05) is 12.5 Å². The maximum absolute atomic E-state index is 13.2. The number of aromatic nitrogens is 2. The van der Waals surface area contributed by atoms with Gasteiger partial charge in [-0.2, -0.15) is 4.31 Å². The summed E-state index contributed by atoms with van der Waals surface area (Å²) >= 11 is 0. The molecule has 2 heterocycles. The van der Waals surface area contributed by atoms with Crippen LogP contribution in [0.3, 0.4) is 0 Å². The Bertz CT molecular complexity index is 1450. The third-order valence-corrected chi connectivity index (χ3v) is 8.68. The number of methoxy groups -OCH3 is 2. The summed E-state index contributed by atoms with van der Waals surface area (Å²) in [5.74, 6) is 0.881. The third-order valence-electron chi connectivity index (χ3n) is 6.67. The van der Waals surface area contributed by atoms with Crippen LogP contribution >= 0.6 is 0 Å². The van der Waals surface area contributed by atoms with Gasteiger partial charge in [-0.25, -0.2) is 18.2 Å². The molecule has 1 aliphatic rings. The summed E-state index contributed by atoms with van der Waals surface area (Å²) in [6, 6.07) is 10.1. The Morgan fingerprint density at radius 1 is 1.11 bits per heavy atom. The largest absolute Gasteiger partial charge is 0.493 e. The van der Waals surface area contributed by atoms with E-state index >= 15 is 0 Å². The van der Waals surface area contributed by atoms with E-state index < -0.39 is 15.7 Å². The molecule has 3 aromatic rings. The maximum atomic E-state index is 13.2. The van der Waals surface area contributed by atoms with E-state index in [0.717, 1.165) is 24.8 Å². The monoisotopic (exact) mass is 528 g/mol. The molecule has 4 rings (SSSR count). The molecule has 1 aromatic heterocycles. The van der Waals surface area contributed by atoms with Crippen molar-refractivity contribution < 1.29 is 22.7 Å². The average Bonchev–Trinajstić information content (AvgIpc) is 2.90. The molecular weight excluding hydrogens is 496 g/mol. The first-order valence-corrected chi connectivity index (χ1v) is 13.7. The van der Waals surface area contributed by atoms with Crippen LogP contribution < -0.4 is 20.5 Å². The highest BCUT2D eigenvalue weighted by Gasteiger charge is 2.31. The van der Waals surface area contributed by atoms with Crippen molar-refractivity contribution in [3.8, 4) is 11.5 Å². The van der Waals surface area contributed by atoms with Gasteiger partial charge < -0.3 is 14.8 Å². The van der Waals surface area contributed by atoms with E-state index in [-0.39, 0.29) is 23.4 Å². The smallest absolute Gasteiger partial charge is 0.348 e. The normalized spacial score (nSPS) is 16.5. The van der Waals surface area contributed by atoms with Gasteiger partial charge in [0.2, 0.25) is 15.9 Å². The van der Waals surface area contributed by atoms with Gasteiger partial charge in [0.15, 0.2) is 11.5 Å². The minimum absolute atomic E-state index is 0.0655. The summed E-state index contributed by atoms with van der Waals surface area (Å²) in [6.45, 7) is 2.53. The van der Waals surface area contributed by atoms with Gasteiger partial charge in [0.25, 0.3) is 0 Å². The molecule has 1 fully saturated rings. The van der Waals surface area contributed by atoms with Crippen LogP contribution in [0.5, 0.6) is 11.5 Å². The highest BCUT2D eigenvalue weighted by Crippen LogP contribution is 2.28. The summed E-state index contributed by atoms with van der Waals surface area (Å²) < 4.78 is 39.8. The Hall–Kier alpha value is -3.44. The van der Waals surface area contributed by atoms with E-state index in [1.807, 2.05) is 19.1 Å². The van der Waals surface area contributed by atoms with Gasteiger partial charge in [0.05, 0.1) is 24.6 Å². The number of carbonyl (C=O) groups excluding carboxylic acids is 1. The van der Waals surface area contributed by atoms with Crippen LogP contribution in [0, 0.1) is 0 Å². The van der Waals surface area contributed by atoms with Crippen molar-refractivity contribution >= 4 is 26.8 Å². The SMILES string of the molecule is COc1ccc(CCNC(=O)Cn2c(=O)ncc3cc(S(=O)(=O)N4CCCC[C@@H]4C)ccc32)cc1OC. The minimum Gasteiger partial charge on any atom is -0.493 e. The highest BCUT2D eigenvalue weighted by atomic mass is 32.2. The van der Waals surface area contributed by atoms with E-state index in [2.05, 4.69) is 10.3 Å². The second-order valence-electron chi connectivity index (χ2n) is 9.10. The van der Waals surface area contributed by atoms with Crippen LogP contribution in [-0.2, 0) is 27.8 Å². The summed E-state index contributed by atoms with van der Waals surface area (Å²) in [5, 5.41) is 3.30. The number of hydrogen-bond acceptors (Lipinski definition) is 7. The minimum atomic E-state index is -3.67. The lowest BCUT2D eigenvalue weighted by Crippen LogP contribution is -2.41. The number of sulfonamides is 1. The number of nitrogens with zero attached hydrogens (tertiary/aromatic N) is 3. The molecule has 0 radical (unpaired) electrons. The Labute approximate surface area is 216 Å². The highest BCUT2D eigenvalue weighted by molar-refractivity contribution is 7.89. The molecule has 2 aromatic carbocycles. The van der Waals surface area contributed by atoms with Gasteiger partial charge in [-0.3, -0.25) is 9.36 Å². The number of ether oxygens (including phenoxy) is 2. The lowest BCUT2D eigenvalue weighted by Gasteiger charge is -2.32. The predicted molar refractivity (Wildman–Crippen MR) is 139 cm³/mol. The van der Waals surface area contributed by atoms with E-state index in [4.69, 9.17) is 9.47 Å². The predicted octanol–water partition coefficient (Wildman–Crippen LogP) is 2.34. The molecule has 0 bridgehead atoms. The van der Waals surface area contributed by atoms with Crippen molar-refractivity contribution in [3.63, 3.8) is 0 Å². The van der Waals surface area contributed by atoms with Crippen molar-refractivity contribution in [1.29, 1.82) is 0 Å². The summed E-state index contributed by atoms with van der Waals surface area (Å²) in [5.41, 5.74) is 0.821. The molecule has 1 amide bonds. The Kier molecular flexibility index (Phi) is 8.13. The van der Waals surface area contributed by atoms with E-state index in [1.165, 1.54) is 27.2 Å². The second kappa shape index (κ2) is 11.3. The zero-order chi connectivity index (χ0) is 26.6. The van der Waals surface area contributed by atoms with Gasteiger partial charge in [-0.05, 0) is 62.1 Å². The van der Waals surface area contributed by atoms with Crippen LogP contribution in [0.25, 0.3) is 10.9 Å². The molecule has 1 atom stereocenters. The van der Waals surface area contributed by atoms with Crippen molar-refractivity contribution in [1.82, 2.24) is 19.2 Å². The zero-order valence-corrected chi connectivity index (χ0v) is 22.1. The Morgan fingerprint density at radius 2 is 1.89 bits per heavy atom. The lowest BCUT2D eigenvalue weighted by molar-refractivity contribution is -0.121. The first-order valence-electron chi connectivity index (χ1n) is 12.2. The fourth-order valence-electron chi connectivity index (χ4n) is 4.64. The lowest BCUT2D eigenvalue weighted by atomic mass is 10.1. The number of fused-ring (bicyclic) bond motifs is 1. The van der Waals surface area contributed by atoms with E-state index in [1.54, 1.807) is 26.4 Å². The van der Waals surface area contributed by atoms with Crippen molar-refractivity contribution in [3.05, 3.63) is 58.6 Å². The van der Waals surface area contributed by atoms with Gasteiger partial charge in [-0.15, -0.1) is 0 Å². The molecule has 198 valence electrons. The molecule has 1 saturated heterocycles. The molecular formula is C26H32N4O6S. The fraction of sp³-hybridized carbons (Fsp3) is 0.423. The number of amides is 1. The fourth-order valence-corrected chi connectivity index (χ4v) is 6.37. The van der Waals surface area contributed by atoms with Gasteiger partial charge >= 0.3 is 5.69 Å². The van der Waals surface area contributed by atoms with Crippen LogP contribution in [0.1, 0.15) is 31.7 Å². The molecule has 1 aliphatic heterocycles. The standard InChI is InChI=1S/C26H32N4O6S/c1-18-6-4-5-13-30(18)37(33,34)21-8-9-22-20(15-21)16-28-26(32)29(22)17-25(31)27-12-11-19-7-10-23(35-2)24(14-19)36-3/h7-10,14-16,18H,4-6,11-13,17H2,1-3H3,(H,27,31)/t18-/m0/s1. The van der Waals surface area contributed by atoms with Crippen molar-refractivity contribution in [2.24, 2.45) is 0 Å². The molecule has 0 aliphatic carbocycles. The molecule has 1 N–H and O–H groups in total. The van der Waals surface area contributed by atoms with Crippen LogP contribution in [-0.4, -0.2) is 61.5 Å². The molecule has 37 heavy (non-hydrogen) atoms. The number of rotatable bonds is 9. The average molecular weight is 529 g/mol. The second-order valence-corrected chi connectivity index (χ2v) is 11.0. The first kappa shape index (κ1) is 26.6. The number of piperidine rings is 1. The molecule has 0 saturated carbocycles. The van der Waals surface area contributed by atoms with E-state index in [9.17, 15) is 18.0 Å². The Morgan fingerprint density at radius 3 is 2.62 bits per heavy atom. The zero-order valence-electron chi connectivity index (χ0n) is 21.3. The van der Waals surface area contributed by atoms with Crippen molar-refractivity contribution in [2.75, 3.05) is 27.3 Å². The quantitative estimate of drug-likeness (QED) is 0.453. The third kappa shape index (κ3) is 5.78. The first-order chi connectivity index (χ1) is 17.7. The molecule has 0 spiro atoms. The maximum Gasteiger partial charge on any atom is 0.348 e. The summed E-state index contributed by atoms with van der Waals surface area (Å²) in [4.78, 5) is 29.2.